The normalized spacial score (nSPS) is 10.4. The molecule has 0 unspecified atom stereocenters. The lowest BCUT2D eigenvalue weighted by Gasteiger charge is -2.18. The lowest BCUT2D eigenvalue weighted by Crippen LogP contribution is -2.37. The first kappa shape index (κ1) is 14.1. The molecule has 0 radical (unpaired) electrons. The Balaban J connectivity index is 2.52. The van der Waals surface area contributed by atoms with Crippen molar-refractivity contribution in [3.05, 3.63) is 16.1 Å². The Morgan fingerprint density at radius 2 is 2.29 bits per heavy atom. The van der Waals surface area contributed by atoms with Gasteiger partial charge in [-0.05, 0) is 28.5 Å². The Bertz CT molecular complexity index is 383. The third kappa shape index (κ3) is 4.84. The Labute approximate surface area is 115 Å². The van der Waals surface area contributed by atoms with E-state index in [1.807, 2.05) is 11.9 Å². The molecule has 0 aliphatic carbocycles. The van der Waals surface area contributed by atoms with E-state index in [1.165, 1.54) is 6.33 Å². The number of rotatable bonds is 5. The number of aromatic nitrogens is 2. The van der Waals surface area contributed by atoms with Crippen LogP contribution in [0.25, 0.3) is 0 Å². The minimum Gasteiger partial charge on any atom is -0.354 e. The first-order chi connectivity index (χ1) is 8.00. The molecule has 1 N–H and O–H groups in total. The fraction of sp³-hybridized carbons (Fsp3) is 0.545. The van der Waals surface area contributed by atoms with Crippen molar-refractivity contribution in [3.63, 3.8) is 0 Å². The number of nitrogens with zero attached hydrogens (tertiary/aromatic N) is 3. The topological polar surface area (TPSA) is 58.1 Å². The van der Waals surface area contributed by atoms with Crippen LogP contribution in [0.15, 0.2) is 12.5 Å². The van der Waals surface area contributed by atoms with Crippen molar-refractivity contribution >= 4 is 34.3 Å². The van der Waals surface area contributed by atoms with Crippen LogP contribution in [0.4, 0.5) is 5.82 Å². The molecule has 0 aromatic carbocycles. The van der Waals surface area contributed by atoms with Crippen LogP contribution in [0.2, 0.25) is 0 Å². The summed E-state index contributed by atoms with van der Waals surface area (Å²) < 4.78 is 0.934. The molecule has 1 aromatic rings. The fourth-order valence-electron chi connectivity index (χ4n) is 1.25. The minimum atomic E-state index is 0.00983. The zero-order chi connectivity index (χ0) is 12.8. The third-order valence-corrected chi connectivity index (χ3v) is 2.86. The molecule has 1 aromatic heterocycles. The Morgan fingerprint density at radius 3 is 2.88 bits per heavy atom. The summed E-state index contributed by atoms with van der Waals surface area (Å²) in [6, 6.07) is 0. The summed E-state index contributed by atoms with van der Waals surface area (Å²) in [5.41, 5.74) is 0. The van der Waals surface area contributed by atoms with E-state index in [0.29, 0.717) is 19.0 Å². The first-order valence-corrected chi connectivity index (χ1v) is 6.52. The molecular formula is C11H17IN4O. The number of hydrogen-bond donors (Lipinski definition) is 1. The summed E-state index contributed by atoms with van der Waals surface area (Å²) in [4.78, 5) is 21.5. The number of nitrogens with one attached hydrogen (secondary N) is 1. The summed E-state index contributed by atoms with van der Waals surface area (Å²) in [7, 11) is 1.85. The molecule has 0 spiro atoms. The standard InChI is InChI=1S/C11H17IN4O/c1-8(2)4-14-10(17)6-16(3)11-9(12)5-13-7-15-11/h5,7-8H,4,6H2,1-3H3,(H,14,17). The van der Waals surface area contributed by atoms with Crippen LogP contribution >= 0.6 is 22.6 Å². The van der Waals surface area contributed by atoms with Gasteiger partial charge in [-0.2, -0.15) is 0 Å². The molecule has 0 atom stereocenters. The molecule has 1 rings (SSSR count). The van der Waals surface area contributed by atoms with Gasteiger partial charge in [0.2, 0.25) is 5.91 Å². The van der Waals surface area contributed by atoms with E-state index in [9.17, 15) is 4.79 Å². The molecule has 0 saturated carbocycles. The predicted octanol–water partition coefficient (Wildman–Crippen LogP) is 1.29. The Morgan fingerprint density at radius 1 is 1.59 bits per heavy atom. The largest absolute Gasteiger partial charge is 0.354 e. The van der Waals surface area contributed by atoms with Crippen LogP contribution in [0.5, 0.6) is 0 Å². The lowest BCUT2D eigenvalue weighted by molar-refractivity contribution is -0.119. The zero-order valence-corrected chi connectivity index (χ0v) is 12.4. The van der Waals surface area contributed by atoms with Gasteiger partial charge in [0.05, 0.1) is 10.1 Å². The molecule has 6 heteroatoms. The smallest absolute Gasteiger partial charge is 0.239 e. The van der Waals surface area contributed by atoms with Crippen LogP contribution in [0.3, 0.4) is 0 Å². The molecule has 17 heavy (non-hydrogen) atoms. The van der Waals surface area contributed by atoms with Gasteiger partial charge in [-0.15, -0.1) is 0 Å². The Kier molecular flexibility index (Phi) is 5.60. The monoisotopic (exact) mass is 348 g/mol. The number of likely N-dealkylation sites (N-methyl/N-ethyl adjacent to an activating group) is 1. The van der Waals surface area contributed by atoms with E-state index < -0.39 is 0 Å². The van der Waals surface area contributed by atoms with Crippen molar-refractivity contribution in [3.8, 4) is 0 Å². The van der Waals surface area contributed by atoms with Crippen LogP contribution in [0, 0.1) is 9.49 Å². The third-order valence-electron chi connectivity index (χ3n) is 2.10. The molecule has 0 fully saturated rings. The average Bonchev–Trinajstić information content (AvgIpc) is 2.26. The number of hydrogen-bond acceptors (Lipinski definition) is 4. The summed E-state index contributed by atoms with van der Waals surface area (Å²) in [6.45, 7) is 5.14. The Hall–Kier alpha value is -0.920. The highest BCUT2D eigenvalue weighted by atomic mass is 127. The summed E-state index contributed by atoms with van der Waals surface area (Å²) in [6.07, 6.45) is 3.21. The van der Waals surface area contributed by atoms with Crippen molar-refractivity contribution in [2.24, 2.45) is 5.92 Å². The lowest BCUT2D eigenvalue weighted by atomic mass is 10.2. The van der Waals surface area contributed by atoms with Gasteiger partial charge in [0.15, 0.2) is 0 Å². The first-order valence-electron chi connectivity index (χ1n) is 5.44. The SMILES string of the molecule is CC(C)CNC(=O)CN(C)c1ncncc1I. The number of amides is 1. The molecule has 1 amide bonds. The molecule has 0 saturated heterocycles. The van der Waals surface area contributed by atoms with Gasteiger partial charge in [-0.1, -0.05) is 13.8 Å². The second-order valence-electron chi connectivity index (χ2n) is 4.25. The second kappa shape index (κ2) is 6.73. The van der Waals surface area contributed by atoms with Crippen molar-refractivity contribution < 1.29 is 4.79 Å². The quantitative estimate of drug-likeness (QED) is 0.815. The summed E-state index contributed by atoms with van der Waals surface area (Å²) in [5.74, 6) is 1.25. The molecular weight excluding hydrogens is 331 g/mol. The zero-order valence-electron chi connectivity index (χ0n) is 10.3. The van der Waals surface area contributed by atoms with Crippen LogP contribution in [0.1, 0.15) is 13.8 Å². The van der Waals surface area contributed by atoms with Crippen LogP contribution in [-0.4, -0.2) is 36.0 Å². The molecule has 1 heterocycles. The molecule has 0 aliphatic heterocycles. The highest BCUT2D eigenvalue weighted by molar-refractivity contribution is 14.1. The fourth-order valence-corrected chi connectivity index (χ4v) is 1.96. The van der Waals surface area contributed by atoms with Gasteiger partial charge < -0.3 is 10.2 Å². The molecule has 0 aliphatic rings. The van der Waals surface area contributed by atoms with E-state index in [1.54, 1.807) is 6.20 Å². The van der Waals surface area contributed by atoms with E-state index in [4.69, 9.17) is 0 Å². The van der Waals surface area contributed by atoms with E-state index in [-0.39, 0.29) is 5.91 Å². The number of carbonyl (C=O) groups excluding carboxylic acids is 1. The minimum absolute atomic E-state index is 0.00983. The van der Waals surface area contributed by atoms with Crippen molar-refractivity contribution in [2.75, 3.05) is 25.0 Å². The van der Waals surface area contributed by atoms with E-state index in [0.717, 1.165) is 9.39 Å². The van der Waals surface area contributed by atoms with E-state index in [2.05, 4.69) is 51.7 Å². The maximum Gasteiger partial charge on any atom is 0.239 e. The van der Waals surface area contributed by atoms with Gasteiger partial charge in [-0.25, -0.2) is 9.97 Å². The van der Waals surface area contributed by atoms with Gasteiger partial charge >= 0.3 is 0 Å². The highest BCUT2D eigenvalue weighted by Crippen LogP contribution is 2.15. The van der Waals surface area contributed by atoms with Crippen molar-refractivity contribution in [2.45, 2.75) is 13.8 Å². The van der Waals surface area contributed by atoms with Crippen LogP contribution in [-0.2, 0) is 4.79 Å². The number of halogens is 1. The summed E-state index contributed by atoms with van der Waals surface area (Å²) in [5, 5.41) is 2.88. The number of anilines is 1. The second-order valence-corrected chi connectivity index (χ2v) is 5.41. The maximum absolute atomic E-state index is 11.6. The van der Waals surface area contributed by atoms with Crippen molar-refractivity contribution in [1.29, 1.82) is 0 Å². The molecule has 0 bridgehead atoms. The molecule has 5 nitrogen and oxygen atoms in total. The molecule has 94 valence electrons. The number of carbonyl (C=O) groups is 1. The van der Waals surface area contributed by atoms with Gasteiger partial charge in [0.1, 0.15) is 12.1 Å². The van der Waals surface area contributed by atoms with Gasteiger partial charge in [0, 0.05) is 19.8 Å². The van der Waals surface area contributed by atoms with Crippen LogP contribution < -0.4 is 10.2 Å². The summed E-state index contributed by atoms with van der Waals surface area (Å²) >= 11 is 2.16. The van der Waals surface area contributed by atoms with Crippen molar-refractivity contribution in [1.82, 2.24) is 15.3 Å². The highest BCUT2D eigenvalue weighted by Gasteiger charge is 2.11. The predicted molar refractivity (Wildman–Crippen MR) is 75.9 cm³/mol. The van der Waals surface area contributed by atoms with Gasteiger partial charge in [0.25, 0.3) is 0 Å². The average molecular weight is 348 g/mol. The van der Waals surface area contributed by atoms with E-state index >= 15 is 0 Å². The van der Waals surface area contributed by atoms with Gasteiger partial charge in [-0.3, -0.25) is 4.79 Å². The maximum atomic E-state index is 11.6.